The molecule has 2 fully saturated rings. The van der Waals surface area contributed by atoms with Gasteiger partial charge >= 0.3 is 5.97 Å². The number of amides is 2. The number of fused-ring (bicyclic) bond motifs is 1. The van der Waals surface area contributed by atoms with Gasteiger partial charge in [0.15, 0.2) is 0 Å². The van der Waals surface area contributed by atoms with Gasteiger partial charge in [-0.2, -0.15) is 0 Å². The van der Waals surface area contributed by atoms with Crippen molar-refractivity contribution in [3.63, 3.8) is 0 Å². The number of carbonyl (C=O) groups excluding carboxylic acids is 2. The Hall–Kier alpha value is -4.37. The summed E-state index contributed by atoms with van der Waals surface area (Å²) in [5, 5.41) is 18.2. The Morgan fingerprint density at radius 1 is 1.07 bits per heavy atom. The summed E-state index contributed by atoms with van der Waals surface area (Å²) < 4.78 is 5.68. The van der Waals surface area contributed by atoms with Crippen LogP contribution in [0.5, 0.6) is 5.75 Å². The van der Waals surface area contributed by atoms with Crippen molar-refractivity contribution in [3.8, 4) is 16.3 Å². The Kier molecular flexibility index (Phi) is 8.57. The van der Waals surface area contributed by atoms with Gasteiger partial charge in [-0.05, 0) is 92.3 Å². The van der Waals surface area contributed by atoms with Crippen molar-refractivity contribution in [3.05, 3.63) is 76.7 Å². The summed E-state index contributed by atoms with van der Waals surface area (Å²) in [5.41, 5.74) is 4.06. The van der Waals surface area contributed by atoms with Gasteiger partial charge in [0.05, 0.1) is 17.2 Å². The molecule has 9 heteroatoms. The zero-order valence-electron chi connectivity index (χ0n) is 24.8. The highest BCUT2D eigenvalue weighted by Crippen LogP contribution is 2.43. The number of aromatic nitrogens is 1. The molecular formula is C35H37N3O5S. The van der Waals surface area contributed by atoms with Crippen LogP contribution < -0.4 is 15.4 Å². The summed E-state index contributed by atoms with van der Waals surface area (Å²) in [5.74, 6) is -0.660. The number of nitrogens with one attached hydrogen (secondary N) is 3. The molecule has 0 aliphatic heterocycles. The lowest BCUT2D eigenvalue weighted by molar-refractivity contribution is -0.131. The van der Waals surface area contributed by atoms with E-state index in [4.69, 9.17) is 9.84 Å². The largest absolute Gasteiger partial charge is 0.493 e. The molecule has 0 saturated heterocycles. The predicted molar refractivity (Wildman–Crippen MR) is 174 cm³/mol. The van der Waals surface area contributed by atoms with E-state index < -0.39 is 11.5 Å². The third kappa shape index (κ3) is 6.01. The van der Waals surface area contributed by atoms with Crippen LogP contribution in [0.25, 0.3) is 27.6 Å². The predicted octanol–water partition coefficient (Wildman–Crippen LogP) is 7.73. The van der Waals surface area contributed by atoms with Crippen molar-refractivity contribution >= 4 is 51.8 Å². The maximum Gasteiger partial charge on any atom is 0.328 e. The third-order valence-corrected chi connectivity index (χ3v) is 9.74. The number of aromatic amines is 1. The van der Waals surface area contributed by atoms with Crippen LogP contribution in [0.2, 0.25) is 0 Å². The fourth-order valence-corrected chi connectivity index (χ4v) is 7.20. The van der Waals surface area contributed by atoms with Crippen LogP contribution in [0.4, 0.5) is 5.69 Å². The molecule has 2 amide bonds. The minimum absolute atomic E-state index is 0.280. The summed E-state index contributed by atoms with van der Waals surface area (Å²) in [4.78, 5) is 43.0. The van der Waals surface area contributed by atoms with E-state index in [-0.39, 0.29) is 11.8 Å². The summed E-state index contributed by atoms with van der Waals surface area (Å²) in [7, 11) is 0. The molecule has 8 nitrogen and oxygen atoms in total. The van der Waals surface area contributed by atoms with Crippen LogP contribution in [0, 0.1) is 0 Å². The summed E-state index contributed by atoms with van der Waals surface area (Å²) in [6, 6.07) is 15.1. The zero-order chi connectivity index (χ0) is 30.7. The SMILES string of the molecule is CCOc1cc(NC(=O)C2(NC(=O)c3ccc4c(C5CCCCC5)c(-c5cccs5)[nH]c4c3)CCC2)ccc1/C=C/C(=O)O. The van der Waals surface area contributed by atoms with Crippen LogP contribution in [0.3, 0.4) is 0 Å². The van der Waals surface area contributed by atoms with E-state index in [0.717, 1.165) is 23.7 Å². The quantitative estimate of drug-likeness (QED) is 0.137. The second-order valence-electron chi connectivity index (χ2n) is 11.7. The highest BCUT2D eigenvalue weighted by molar-refractivity contribution is 7.13. The number of thiophene rings is 1. The molecule has 0 radical (unpaired) electrons. The van der Waals surface area contributed by atoms with Crippen LogP contribution in [0.15, 0.2) is 60.0 Å². The molecule has 2 aromatic carbocycles. The lowest BCUT2D eigenvalue weighted by Crippen LogP contribution is -2.61. The second-order valence-corrected chi connectivity index (χ2v) is 12.6. The van der Waals surface area contributed by atoms with E-state index >= 15 is 0 Å². The molecule has 4 N–H and O–H groups in total. The standard InChI is InChI=1S/C35H37N3O5S/c1-2-43-28-21-25(14-11-22(28)13-16-30(39)40)36-34(42)35(17-7-18-35)38-33(41)24-12-15-26-27(20-24)37-32(29-10-6-19-44-29)31(26)23-8-4-3-5-9-23/h6,10-16,19-21,23,37H,2-5,7-9,17-18H2,1H3,(H,36,42)(H,38,41)(H,39,40)/b16-13+. The fraction of sp³-hybridized carbons (Fsp3) is 0.343. The van der Waals surface area contributed by atoms with Gasteiger partial charge in [-0.15, -0.1) is 11.3 Å². The third-order valence-electron chi connectivity index (χ3n) is 8.85. The van der Waals surface area contributed by atoms with E-state index in [9.17, 15) is 14.4 Å². The number of aliphatic carboxylic acids is 1. The summed E-state index contributed by atoms with van der Waals surface area (Å²) in [6.07, 6.45) is 10.5. The number of carboxylic acids is 1. The van der Waals surface area contributed by atoms with Crippen LogP contribution in [0.1, 0.15) is 85.7 Å². The number of benzene rings is 2. The molecule has 0 spiro atoms. The Morgan fingerprint density at radius 3 is 2.57 bits per heavy atom. The average molecular weight is 612 g/mol. The Morgan fingerprint density at radius 2 is 1.89 bits per heavy atom. The zero-order valence-corrected chi connectivity index (χ0v) is 25.6. The normalized spacial score (nSPS) is 16.5. The molecule has 228 valence electrons. The molecule has 0 unspecified atom stereocenters. The molecule has 2 aromatic heterocycles. The first-order chi connectivity index (χ1) is 21.4. The highest BCUT2D eigenvalue weighted by atomic mass is 32.1. The van der Waals surface area contributed by atoms with Gasteiger partial charge in [-0.3, -0.25) is 9.59 Å². The molecular weight excluding hydrogens is 574 g/mol. The molecule has 2 heterocycles. The van der Waals surface area contributed by atoms with Crippen molar-refractivity contribution in [2.24, 2.45) is 0 Å². The molecule has 0 bridgehead atoms. The van der Waals surface area contributed by atoms with Crippen molar-refractivity contribution in [1.82, 2.24) is 10.3 Å². The van der Waals surface area contributed by atoms with E-state index in [1.54, 1.807) is 29.5 Å². The Bertz CT molecular complexity index is 1710. The van der Waals surface area contributed by atoms with Gasteiger partial charge in [0.2, 0.25) is 5.91 Å². The van der Waals surface area contributed by atoms with Gasteiger partial charge < -0.3 is 25.5 Å². The van der Waals surface area contributed by atoms with Gasteiger partial charge in [0.25, 0.3) is 5.91 Å². The van der Waals surface area contributed by atoms with Crippen LogP contribution >= 0.6 is 11.3 Å². The number of hydrogen-bond acceptors (Lipinski definition) is 5. The van der Waals surface area contributed by atoms with Crippen molar-refractivity contribution in [1.29, 1.82) is 0 Å². The lowest BCUT2D eigenvalue weighted by Gasteiger charge is -2.40. The first kappa shape index (κ1) is 29.7. The van der Waals surface area contributed by atoms with Crippen LogP contribution in [-0.2, 0) is 9.59 Å². The monoisotopic (exact) mass is 611 g/mol. The van der Waals surface area contributed by atoms with E-state index in [2.05, 4.69) is 39.2 Å². The molecule has 0 atom stereocenters. The van der Waals surface area contributed by atoms with Crippen molar-refractivity contribution in [2.75, 3.05) is 11.9 Å². The van der Waals surface area contributed by atoms with E-state index in [1.165, 1.54) is 54.0 Å². The average Bonchev–Trinajstić information content (AvgIpc) is 3.67. The van der Waals surface area contributed by atoms with Gasteiger partial charge in [-0.1, -0.05) is 31.4 Å². The number of rotatable bonds is 10. The second kappa shape index (κ2) is 12.7. The molecule has 2 saturated carbocycles. The maximum absolute atomic E-state index is 13.6. The molecule has 44 heavy (non-hydrogen) atoms. The number of hydrogen-bond donors (Lipinski definition) is 4. The summed E-state index contributed by atoms with van der Waals surface area (Å²) >= 11 is 1.72. The molecule has 6 rings (SSSR count). The fourth-order valence-electron chi connectivity index (χ4n) is 6.46. The first-order valence-corrected chi connectivity index (χ1v) is 16.3. The molecule has 4 aromatic rings. The smallest absolute Gasteiger partial charge is 0.328 e. The topological polar surface area (TPSA) is 121 Å². The lowest BCUT2D eigenvalue weighted by atomic mass is 9.75. The highest BCUT2D eigenvalue weighted by Gasteiger charge is 2.45. The Balaban J connectivity index is 1.23. The van der Waals surface area contributed by atoms with Gasteiger partial charge in [0.1, 0.15) is 11.3 Å². The minimum atomic E-state index is -1.06. The Labute approximate surface area is 260 Å². The van der Waals surface area contributed by atoms with E-state index in [0.29, 0.717) is 47.9 Å². The van der Waals surface area contributed by atoms with Crippen LogP contribution in [-0.4, -0.2) is 40.0 Å². The van der Waals surface area contributed by atoms with Gasteiger partial charge in [0, 0.05) is 39.9 Å². The van der Waals surface area contributed by atoms with Crippen molar-refractivity contribution < 1.29 is 24.2 Å². The minimum Gasteiger partial charge on any atom is -0.493 e. The van der Waals surface area contributed by atoms with E-state index in [1.807, 2.05) is 19.1 Å². The first-order valence-electron chi connectivity index (χ1n) is 15.4. The number of carbonyl (C=O) groups is 3. The number of carboxylic acid groups (broad SMARTS) is 1. The molecule has 2 aliphatic carbocycles. The number of ether oxygens (including phenoxy) is 1. The molecule has 2 aliphatic rings. The van der Waals surface area contributed by atoms with Gasteiger partial charge in [-0.25, -0.2) is 4.79 Å². The number of anilines is 1. The van der Waals surface area contributed by atoms with Crippen molar-refractivity contribution in [2.45, 2.75) is 69.7 Å². The number of H-pyrrole nitrogens is 1. The summed E-state index contributed by atoms with van der Waals surface area (Å²) in [6.45, 7) is 2.21. The maximum atomic E-state index is 13.6.